The maximum atomic E-state index is 13.7. The molecule has 18 heavy (non-hydrogen) atoms. The van der Waals surface area contributed by atoms with Crippen LogP contribution in [0.2, 0.25) is 0 Å². The fourth-order valence-electron chi connectivity index (χ4n) is 1.75. The molecule has 0 atom stereocenters. The Hall–Kier alpha value is -0.940. The van der Waals surface area contributed by atoms with Crippen LogP contribution in [0.25, 0.3) is 0 Å². The number of amides is 1. The largest absolute Gasteiger partial charge is 0.345 e. The second kappa shape index (κ2) is 6.29. The van der Waals surface area contributed by atoms with E-state index in [1.54, 1.807) is 6.07 Å². The zero-order chi connectivity index (χ0) is 13.8. The summed E-state index contributed by atoms with van der Waals surface area (Å²) in [6.07, 6.45) is 1.42. The zero-order valence-corrected chi connectivity index (χ0v) is 12.2. The van der Waals surface area contributed by atoms with Crippen molar-refractivity contribution in [1.82, 2.24) is 5.32 Å². The lowest BCUT2D eigenvalue weighted by molar-refractivity contribution is 0.0891. The summed E-state index contributed by atoms with van der Waals surface area (Å²) >= 11 is 3.16. The van der Waals surface area contributed by atoms with Crippen LogP contribution in [0, 0.1) is 5.82 Å². The summed E-state index contributed by atoms with van der Waals surface area (Å²) in [6, 6.07) is 4.37. The number of hydrogen-bond acceptors (Lipinski definition) is 2. The summed E-state index contributed by atoms with van der Waals surface area (Å²) in [4.78, 5) is 12.0. The average Bonchev–Trinajstić information content (AvgIpc) is 2.36. The van der Waals surface area contributed by atoms with Crippen LogP contribution in [0.3, 0.4) is 0 Å². The third-order valence-electron chi connectivity index (χ3n) is 3.30. The highest BCUT2D eigenvalue weighted by molar-refractivity contribution is 9.10. The van der Waals surface area contributed by atoms with Crippen LogP contribution in [0.5, 0.6) is 0 Å². The summed E-state index contributed by atoms with van der Waals surface area (Å²) in [7, 11) is 0. The molecule has 1 aromatic carbocycles. The van der Waals surface area contributed by atoms with E-state index >= 15 is 0 Å². The Bertz CT molecular complexity index is 425. The minimum atomic E-state index is -0.542. The molecule has 0 aliphatic rings. The van der Waals surface area contributed by atoms with Gasteiger partial charge in [0.1, 0.15) is 5.82 Å². The highest BCUT2D eigenvalue weighted by Gasteiger charge is 2.27. The number of rotatable bonds is 5. The van der Waals surface area contributed by atoms with Gasteiger partial charge in [0.05, 0.1) is 11.1 Å². The summed E-state index contributed by atoms with van der Waals surface area (Å²) in [6.45, 7) is 4.24. The van der Waals surface area contributed by atoms with E-state index < -0.39 is 17.3 Å². The van der Waals surface area contributed by atoms with E-state index in [0.29, 0.717) is 23.9 Å². The normalized spacial score (nSPS) is 11.4. The molecule has 0 fully saturated rings. The van der Waals surface area contributed by atoms with Gasteiger partial charge in [0.2, 0.25) is 0 Å². The molecule has 0 heterocycles. The maximum Gasteiger partial charge on any atom is 0.254 e. The van der Waals surface area contributed by atoms with E-state index in [-0.39, 0.29) is 5.56 Å². The van der Waals surface area contributed by atoms with Crippen molar-refractivity contribution in [1.29, 1.82) is 0 Å². The second-order valence-electron chi connectivity index (χ2n) is 4.27. The molecule has 5 heteroatoms. The minimum absolute atomic E-state index is 0.0397. The molecule has 0 unspecified atom stereocenters. The lowest BCUT2D eigenvalue weighted by atomic mass is 9.92. The van der Waals surface area contributed by atoms with Crippen molar-refractivity contribution < 1.29 is 9.18 Å². The molecule has 0 bridgehead atoms. The zero-order valence-electron chi connectivity index (χ0n) is 10.6. The molecule has 1 aromatic rings. The van der Waals surface area contributed by atoms with Gasteiger partial charge < -0.3 is 11.1 Å². The van der Waals surface area contributed by atoms with Crippen molar-refractivity contribution in [3.8, 4) is 0 Å². The molecule has 3 nitrogen and oxygen atoms in total. The quantitative estimate of drug-likeness (QED) is 0.877. The highest BCUT2D eigenvalue weighted by atomic mass is 79.9. The van der Waals surface area contributed by atoms with Gasteiger partial charge in [-0.2, -0.15) is 0 Å². The van der Waals surface area contributed by atoms with Crippen molar-refractivity contribution in [2.24, 2.45) is 5.73 Å². The van der Waals surface area contributed by atoms with E-state index in [2.05, 4.69) is 21.2 Å². The third-order valence-corrected chi connectivity index (χ3v) is 3.79. The third kappa shape index (κ3) is 3.29. The van der Waals surface area contributed by atoms with Gasteiger partial charge in [-0.1, -0.05) is 29.8 Å². The van der Waals surface area contributed by atoms with E-state index in [1.807, 2.05) is 13.8 Å². The van der Waals surface area contributed by atoms with E-state index in [0.717, 1.165) is 0 Å². The molecular formula is C13H18BrFN2O. The summed E-state index contributed by atoms with van der Waals surface area (Å²) in [5.74, 6) is -0.964. The van der Waals surface area contributed by atoms with Gasteiger partial charge in [-0.25, -0.2) is 4.39 Å². The van der Waals surface area contributed by atoms with Crippen LogP contribution in [0.4, 0.5) is 4.39 Å². The molecule has 1 rings (SSSR count). The average molecular weight is 317 g/mol. The van der Waals surface area contributed by atoms with Crippen molar-refractivity contribution >= 4 is 21.8 Å². The molecule has 0 saturated heterocycles. The fraction of sp³-hybridized carbons (Fsp3) is 0.462. The first-order valence-corrected chi connectivity index (χ1v) is 6.75. The molecule has 3 N–H and O–H groups in total. The smallest absolute Gasteiger partial charge is 0.254 e. The first-order chi connectivity index (χ1) is 8.48. The Morgan fingerprint density at radius 3 is 2.50 bits per heavy atom. The summed E-state index contributed by atoms with van der Waals surface area (Å²) < 4.78 is 14.3. The predicted molar refractivity (Wildman–Crippen MR) is 73.9 cm³/mol. The molecule has 100 valence electrons. The van der Waals surface area contributed by atoms with Crippen molar-refractivity contribution in [3.63, 3.8) is 0 Å². The number of hydrogen-bond donors (Lipinski definition) is 2. The van der Waals surface area contributed by atoms with Gasteiger partial charge in [-0.05, 0) is 31.0 Å². The fourth-order valence-corrected chi connectivity index (χ4v) is 2.08. The molecule has 0 aliphatic heterocycles. The standard InChI is InChI=1S/C13H18BrFN2O/c1-3-13(4-2,8-16)17-12(18)10-6-5-9(14)7-11(10)15/h5-7H,3-4,8,16H2,1-2H3,(H,17,18). The lowest BCUT2D eigenvalue weighted by Gasteiger charge is -2.31. The maximum absolute atomic E-state index is 13.7. The van der Waals surface area contributed by atoms with Crippen molar-refractivity contribution in [2.45, 2.75) is 32.2 Å². The predicted octanol–water partition coefficient (Wildman–Crippen LogP) is 2.84. The summed E-state index contributed by atoms with van der Waals surface area (Å²) in [5, 5.41) is 2.84. The number of carbonyl (C=O) groups excluding carboxylic acids is 1. The second-order valence-corrected chi connectivity index (χ2v) is 5.19. The summed E-state index contributed by atoms with van der Waals surface area (Å²) in [5.41, 5.74) is 5.28. The van der Waals surface area contributed by atoms with Crippen LogP contribution in [-0.4, -0.2) is 18.0 Å². The SMILES string of the molecule is CCC(CC)(CN)NC(=O)c1ccc(Br)cc1F. The van der Waals surface area contributed by atoms with Crippen molar-refractivity contribution in [3.05, 3.63) is 34.1 Å². The molecule has 0 radical (unpaired) electrons. The van der Waals surface area contributed by atoms with Crippen LogP contribution in [0.1, 0.15) is 37.0 Å². The number of halogens is 2. The Kier molecular flexibility index (Phi) is 5.28. The Morgan fingerprint density at radius 1 is 1.44 bits per heavy atom. The molecule has 0 spiro atoms. The van der Waals surface area contributed by atoms with Gasteiger partial charge in [0.15, 0.2) is 0 Å². The number of nitrogens with one attached hydrogen (secondary N) is 1. The minimum Gasteiger partial charge on any atom is -0.345 e. The van der Waals surface area contributed by atoms with Gasteiger partial charge in [0, 0.05) is 11.0 Å². The number of carbonyl (C=O) groups is 1. The van der Waals surface area contributed by atoms with Crippen LogP contribution < -0.4 is 11.1 Å². The van der Waals surface area contributed by atoms with E-state index in [4.69, 9.17) is 5.73 Å². The van der Waals surface area contributed by atoms with E-state index in [9.17, 15) is 9.18 Å². The molecule has 0 aliphatic carbocycles. The van der Waals surface area contributed by atoms with Crippen LogP contribution in [-0.2, 0) is 0 Å². The van der Waals surface area contributed by atoms with Crippen LogP contribution in [0.15, 0.2) is 22.7 Å². The Labute approximate surface area is 115 Å². The monoisotopic (exact) mass is 316 g/mol. The first kappa shape index (κ1) is 15.1. The van der Waals surface area contributed by atoms with Gasteiger partial charge in [-0.3, -0.25) is 4.79 Å². The Morgan fingerprint density at radius 2 is 2.06 bits per heavy atom. The Balaban J connectivity index is 2.94. The van der Waals surface area contributed by atoms with Crippen LogP contribution >= 0.6 is 15.9 Å². The van der Waals surface area contributed by atoms with E-state index in [1.165, 1.54) is 12.1 Å². The lowest BCUT2D eigenvalue weighted by Crippen LogP contribution is -2.53. The van der Waals surface area contributed by atoms with Crippen molar-refractivity contribution in [2.75, 3.05) is 6.54 Å². The number of benzene rings is 1. The molecule has 1 amide bonds. The molecule has 0 aromatic heterocycles. The number of nitrogens with two attached hydrogens (primary N) is 1. The van der Waals surface area contributed by atoms with Gasteiger partial charge in [-0.15, -0.1) is 0 Å². The first-order valence-electron chi connectivity index (χ1n) is 5.95. The highest BCUT2D eigenvalue weighted by Crippen LogP contribution is 2.18. The molecule has 0 saturated carbocycles. The topological polar surface area (TPSA) is 55.1 Å². The van der Waals surface area contributed by atoms with Gasteiger partial charge in [0.25, 0.3) is 5.91 Å². The molecular weight excluding hydrogens is 299 g/mol. The van der Waals surface area contributed by atoms with Gasteiger partial charge >= 0.3 is 0 Å².